The van der Waals surface area contributed by atoms with Crippen molar-refractivity contribution in [3.05, 3.63) is 35.4 Å². The summed E-state index contributed by atoms with van der Waals surface area (Å²) in [6.07, 6.45) is 1.80. The Kier molecular flexibility index (Phi) is 4.60. The Hall–Kier alpha value is -2.30. The first-order valence-corrected chi connectivity index (χ1v) is 8.51. The van der Waals surface area contributed by atoms with Crippen LogP contribution in [0.4, 0.5) is 0 Å². The van der Waals surface area contributed by atoms with Gasteiger partial charge in [-0.05, 0) is 30.5 Å². The number of rotatable bonds is 3. The van der Waals surface area contributed by atoms with Crippen molar-refractivity contribution in [2.75, 3.05) is 6.61 Å². The molecule has 3 rings (SSSR count). The smallest absolute Gasteiger partial charge is 0.227 e. The van der Waals surface area contributed by atoms with Gasteiger partial charge in [-0.2, -0.15) is 5.26 Å². The van der Waals surface area contributed by atoms with Crippen LogP contribution in [0.15, 0.2) is 24.3 Å². The molecule has 0 unspecified atom stereocenters. The number of aliphatic hydroxyl groups excluding tert-OH is 1. The number of benzene rings is 1. The van der Waals surface area contributed by atoms with Crippen LogP contribution in [0.1, 0.15) is 43.7 Å². The van der Waals surface area contributed by atoms with E-state index in [0.717, 1.165) is 24.0 Å². The van der Waals surface area contributed by atoms with Gasteiger partial charge >= 0.3 is 0 Å². The largest absolute Gasteiger partial charge is 0.394 e. The summed E-state index contributed by atoms with van der Waals surface area (Å²) in [4.78, 5) is 13.9. The Morgan fingerprint density at radius 2 is 2.00 bits per heavy atom. The van der Waals surface area contributed by atoms with Gasteiger partial charge in [0.1, 0.15) is 6.04 Å². The summed E-state index contributed by atoms with van der Waals surface area (Å²) in [7, 11) is 0. The molecule has 0 bridgehead atoms. The van der Waals surface area contributed by atoms with E-state index in [-0.39, 0.29) is 30.4 Å². The molecular formula is C20H22N2O2. The van der Waals surface area contributed by atoms with Gasteiger partial charge in [0, 0.05) is 23.3 Å². The van der Waals surface area contributed by atoms with Gasteiger partial charge in [0.25, 0.3) is 0 Å². The molecule has 1 heterocycles. The summed E-state index contributed by atoms with van der Waals surface area (Å²) < 4.78 is 0. The highest BCUT2D eigenvalue weighted by atomic mass is 16.3. The van der Waals surface area contributed by atoms with Crippen LogP contribution in [0.2, 0.25) is 0 Å². The molecule has 0 aromatic heterocycles. The highest BCUT2D eigenvalue weighted by Gasteiger charge is 2.53. The number of hydrogen-bond acceptors (Lipinski definition) is 3. The third kappa shape index (κ3) is 3.03. The Balaban J connectivity index is 1.79. The van der Waals surface area contributed by atoms with E-state index in [1.807, 2.05) is 38.1 Å². The minimum Gasteiger partial charge on any atom is -0.394 e. The third-order valence-corrected chi connectivity index (χ3v) is 4.71. The number of nitrogens with zero attached hydrogens (tertiary/aromatic N) is 2. The maximum atomic E-state index is 12.4. The Bertz CT molecular complexity index is 717. The maximum Gasteiger partial charge on any atom is 0.227 e. The third-order valence-electron chi connectivity index (χ3n) is 4.71. The molecule has 24 heavy (non-hydrogen) atoms. The SMILES string of the molecule is CC(C)C#Cc1ccc([C@@H]2[C@@H](C#N)N(C(=O)C3CC3)[C@@H]2CO)cc1. The van der Waals surface area contributed by atoms with Gasteiger partial charge in [-0.1, -0.05) is 37.8 Å². The van der Waals surface area contributed by atoms with Crippen LogP contribution in [-0.4, -0.2) is 34.6 Å². The van der Waals surface area contributed by atoms with E-state index in [1.165, 1.54) is 0 Å². The molecule has 1 aliphatic heterocycles. The molecule has 1 saturated carbocycles. The van der Waals surface area contributed by atoms with Crippen molar-refractivity contribution in [1.29, 1.82) is 5.26 Å². The second-order valence-corrected chi connectivity index (χ2v) is 6.92. The molecule has 2 aliphatic rings. The lowest BCUT2D eigenvalue weighted by atomic mass is 9.75. The lowest BCUT2D eigenvalue weighted by molar-refractivity contribution is -0.148. The summed E-state index contributed by atoms with van der Waals surface area (Å²) in [6, 6.07) is 9.27. The summed E-state index contributed by atoms with van der Waals surface area (Å²) in [5.74, 6) is 6.52. The Labute approximate surface area is 143 Å². The van der Waals surface area contributed by atoms with Crippen molar-refractivity contribution < 1.29 is 9.90 Å². The standard InChI is InChI=1S/C20H22N2O2/c1-13(2)3-4-14-5-7-15(8-6-14)19-17(11-21)22(18(19)12-23)20(24)16-9-10-16/h5-8,13,16-19,23H,9-10,12H2,1-2H3/t17-,18-,19-/m1/s1. The molecule has 1 aromatic rings. The van der Waals surface area contributed by atoms with E-state index in [9.17, 15) is 15.2 Å². The van der Waals surface area contributed by atoms with Crippen molar-refractivity contribution in [2.24, 2.45) is 11.8 Å². The highest BCUT2D eigenvalue weighted by molar-refractivity contribution is 5.83. The number of nitriles is 1. The second-order valence-electron chi connectivity index (χ2n) is 6.92. The summed E-state index contributed by atoms with van der Waals surface area (Å²) in [5.41, 5.74) is 1.92. The van der Waals surface area contributed by atoms with Crippen LogP contribution in [0.5, 0.6) is 0 Å². The second kappa shape index (κ2) is 6.67. The van der Waals surface area contributed by atoms with Crippen molar-refractivity contribution in [1.82, 2.24) is 4.90 Å². The first kappa shape index (κ1) is 16.6. The minimum absolute atomic E-state index is 0.0243. The monoisotopic (exact) mass is 322 g/mol. The van der Waals surface area contributed by atoms with E-state index < -0.39 is 6.04 Å². The van der Waals surface area contributed by atoms with Crippen LogP contribution in [0.3, 0.4) is 0 Å². The zero-order valence-corrected chi connectivity index (χ0v) is 14.1. The van der Waals surface area contributed by atoms with Gasteiger partial charge < -0.3 is 10.0 Å². The predicted octanol–water partition coefficient (Wildman–Crippen LogP) is 2.28. The van der Waals surface area contributed by atoms with Crippen LogP contribution in [0, 0.1) is 35.0 Å². The van der Waals surface area contributed by atoms with Crippen molar-refractivity contribution in [3.8, 4) is 17.9 Å². The molecular weight excluding hydrogens is 300 g/mol. The molecule has 1 N–H and O–H groups in total. The van der Waals surface area contributed by atoms with E-state index in [2.05, 4.69) is 17.9 Å². The zero-order chi connectivity index (χ0) is 17.3. The number of carbonyl (C=O) groups excluding carboxylic acids is 1. The van der Waals surface area contributed by atoms with E-state index in [1.54, 1.807) is 4.90 Å². The molecule has 1 aromatic carbocycles. The van der Waals surface area contributed by atoms with Gasteiger partial charge in [-0.25, -0.2) is 0 Å². The number of carbonyl (C=O) groups is 1. The van der Waals surface area contributed by atoms with Crippen molar-refractivity contribution >= 4 is 5.91 Å². The van der Waals surface area contributed by atoms with Gasteiger partial charge in [0.05, 0.1) is 18.7 Å². The van der Waals surface area contributed by atoms with Gasteiger partial charge in [-0.15, -0.1) is 0 Å². The zero-order valence-electron chi connectivity index (χ0n) is 14.1. The highest BCUT2D eigenvalue weighted by Crippen LogP contribution is 2.44. The van der Waals surface area contributed by atoms with E-state index in [0.29, 0.717) is 5.92 Å². The fourth-order valence-corrected chi connectivity index (χ4v) is 3.27. The molecule has 0 spiro atoms. The van der Waals surface area contributed by atoms with E-state index in [4.69, 9.17) is 0 Å². The number of amides is 1. The van der Waals surface area contributed by atoms with Gasteiger partial charge in [0.15, 0.2) is 0 Å². The molecule has 1 saturated heterocycles. The lowest BCUT2D eigenvalue weighted by Gasteiger charge is -2.51. The van der Waals surface area contributed by atoms with Crippen molar-refractivity contribution in [3.63, 3.8) is 0 Å². The Morgan fingerprint density at radius 1 is 1.33 bits per heavy atom. The molecule has 1 amide bonds. The molecule has 4 nitrogen and oxygen atoms in total. The van der Waals surface area contributed by atoms with Crippen LogP contribution in [-0.2, 0) is 4.79 Å². The average molecular weight is 322 g/mol. The topological polar surface area (TPSA) is 64.3 Å². The van der Waals surface area contributed by atoms with Gasteiger partial charge in [-0.3, -0.25) is 4.79 Å². The summed E-state index contributed by atoms with van der Waals surface area (Å²) in [6.45, 7) is 3.98. The van der Waals surface area contributed by atoms with Crippen LogP contribution < -0.4 is 0 Å². The molecule has 124 valence electrons. The molecule has 1 aliphatic carbocycles. The quantitative estimate of drug-likeness (QED) is 0.868. The number of aliphatic hydroxyl groups is 1. The summed E-state index contributed by atoms with van der Waals surface area (Å²) in [5, 5.41) is 19.2. The fourth-order valence-electron chi connectivity index (χ4n) is 3.27. The van der Waals surface area contributed by atoms with Crippen LogP contribution >= 0.6 is 0 Å². The molecule has 3 atom stereocenters. The maximum absolute atomic E-state index is 12.4. The first-order chi connectivity index (χ1) is 11.6. The summed E-state index contributed by atoms with van der Waals surface area (Å²) >= 11 is 0. The van der Waals surface area contributed by atoms with Crippen LogP contribution in [0.25, 0.3) is 0 Å². The number of likely N-dealkylation sites (tertiary alicyclic amines) is 1. The Morgan fingerprint density at radius 3 is 2.50 bits per heavy atom. The van der Waals surface area contributed by atoms with Crippen molar-refractivity contribution in [2.45, 2.75) is 44.7 Å². The van der Waals surface area contributed by atoms with Gasteiger partial charge in [0.2, 0.25) is 5.91 Å². The first-order valence-electron chi connectivity index (χ1n) is 8.51. The lowest BCUT2D eigenvalue weighted by Crippen LogP contribution is -2.65. The average Bonchev–Trinajstić information content (AvgIpc) is 3.38. The van der Waals surface area contributed by atoms with E-state index >= 15 is 0 Å². The number of hydrogen-bond donors (Lipinski definition) is 1. The minimum atomic E-state index is -0.483. The molecule has 4 heteroatoms. The molecule has 0 radical (unpaired) electrons. The fraction of sp³-hybridized carbons (Fsp3) is 0.500. The molecule has 2 fully saturated rings. The normalized spacial score (nSPS) is 25.5. The predicted molar refractivity (Wildman–Crippen MR) is 90.7 cm³/mol.